The Morgan fingerprint density at radius 2 is 1.94 bits per heavy atom. The molecule has 4 heteroatoms. The van der Waals surface area contributed by atoms with Crippen LogP contribution in [0.1, 0.15) is 25.8 Å². The smallest absolute Gasteiger partial charge is 0.313 e. The lowest BCUT2D eigenvalue weighted by Gasteiger charge is -2.02. The van der Waals surface area contributed by atoms with E-state index in [0.29, 0.717) is 0 Å². The molecule has 0 aromatic carbocycles. The zero-order valence-corrected chi connectivity index (χ0v) is 9.97. The monoisotopic (exact) mass is 233 g/mol. The van der Waals surface area contributed by atoms with Crippen LogP contribution in [-0.4, -0.2) is 23.3 Å². The molecule has 0 N–H and O–H groups in total. The molecule has 0 saturated heterocycles. The Hall–Kier alpha value is -1.97. The number of ketones is 1. The lowest BCUT2D eigenvalue weighted by atomic mass is 10.1. The molecule has 0 aliphatic heterocycles. The van der Waals surface area contributed by atoms with Crippen LogP contribution in [0, 0.1) is 0 Å². The summed E-state index contributed by atoms with van der Waals surface area (Å²) in [6, 6.07) is 3.76. The van der Waals surface area contributed by atoms with Gasteiger partial charge in [-0.15, -0.1) is 0 Å². The molecule has 0 aliphatic rings. The summed E-state index contributed by atoms with van der Waals surface area (Å²) in [5.74, 6) is -0.680. The molecule has 0 atom stereocenters. The number of aromatic nitrogens is 1. The van der Waals surface area contributed by atoms with Crippen molar-refractivity contribution in [3.63, 3.8) is 0 Å². The fourth-order valence-electron chi connectivity index (χ4n) is 1.25. The lowest BCUT2D eigenvalue weighted by molar-refractivity contribution is -0.144. The van der Waals surface area contributed by atoms with E-state index in [-0.39, 0.29) is 18.8 Å². The van der Waals surface area contributed by atoms with Gasteiger partial charge in [-0.3, -0.25) is 14.6 Å². The number of carbonyl (C=O) groups is 2. The lowest BCUT2D eigenvalue weighted by Crippen LogP contribution is -2.08. The van der Waals surface area contributed by atoms with Crippen molar-refractivity contribution in [2.75, 3.05) is 6.61 Å². The van der Waals surface area contributed by atoms with Crippen LogP contribution < -0.4 is 0 Å². The average molecular weight is 233 g/mol. The second kappa shape index (κ2) is 6.58. The molecule has 1 heterocycles. The Labute approximate surface area is 100 Å². The highest BCUT2D eigenvalue weighted by Crippen LogP contribution is 2.11. The minimum atomic E-state index is -0.490. The van der Waals surface area contributed by atoms with Gasteiger partial charge in [0.2, 0.25) is 0 Å². The summed E-state index contributed by atoms with van der Waals surface area (Å²) in [5, 5.41) is 0. The molecule has 1 aromatic rings. The van der Waals surface area contributed by atoms with Crippen molar-refractivity contribution in [3.05, 3.63) is 36.2 Å². The van der Waals surface area contributed by atoms with E-state index < -0.39 is 5.97 Å². The minimum absolute atomic E-state index is 0.165. The number of allylic oxidation sites excluding steroid dienone is 1. The van der Waals surface area contributed by atoms with E-state index in [9.17, 15) is 9.59 Å². The average Bonchev–Trinajstić information content (AvgIpc) is 2.29. The fourth-order valence-corrected chi connectivity index (χ4v) is 1.25. The molecule has 0 saturated carbocycles. The molecule has 0 bridgehead atoms. The number of hydrogen-bond donors (Lipinski definition) is 0. The maximum absolute atomic E-state index is 11.1. The summed E-state index contributed by atoms with van der Waals surface area (Å²) >= 11 is 0. The number of Topliss-reactive ketones (excluding diaryl/α,β-unsaturated/α-hetero) is 1. The summed E-state index contributed by atoms with van der Waals surface area (Å²) in [6.07, 6.45) is 5.04. The summed E-state index contributed by atoms with van der Waals surface area (Å²) in [7, 11) is 0. The third-order valence-electron chi connectivity index (χ3n) is 2.16. The minimum Gasteiger partial charge on any atom is -0.461 e. The van der Waals surface area contributed by atoms with Gasteiger partial charge in [0.1, 0.15) is 18.8 Å². The van der Waals surface area contributed by atoms with Gasteiger partial charge in [0, 0.05) is 12.4 Å². The molecule has 4 nitrogen and oxygen atoms in total. The van der Waals surface area contributed by atoms with E-state index in [2.05, 4.69) is 4.98 Å². The van der Waals surface area contributed by atoms with Crippen LogP contribution in [0.15, 0.2) is 30.6 Å². The summed E-state index contributed by atoms with van der Waals surface area (Å²) < 4.78 is 4.89. The van der Waals surface area contributed by atoms with Gasteiger partial charge in [0.15, 0.2) is 0 Å². The van der Waals surface area contributed by atoms with Crippen LogP contribution in [0.2, 0.25) is 0 Å². The van der Waals surface area contributed by atoms with Crippen LogP contribution in [0.4, 0.5) is 0 Å². The summed E-state index contributed by atoms with van der Waals surface area (Å²) in [6.45, 7) is 3.47. The van der Waals surface area contributed by atoms with Crippen molar-refractivity contribution in [2.45, 2.75) is 20.3 Å². The van der Waals surface area contributed by atoms with E-state index in [1.807, 2.05) is 19.1 Å². The highest BCUT2D eigenvalue weighted by Gasteiger charge is 2.04. The Morgan fingerprint density at radius 1 is 1.29 bits per heavy atom. The quantitative estimate of drug-likeness (QED) is 0.576. The Balaban J connectivity index is 2.44. The van der Waals surface area contributed by atoms with Gasteiger partial charge >= 0.3 is 5.97 Å². The third kappa shape index (κ3) is 5.06. The number of rotatable bonds is 5. The Bertz CT molecular complexity index is 424. The second-order valence-corrected chi connectivity index (χ2v) is 3.68. The largest absolute Gasteiger partial charge is 0.461 e. The molecule has 17 heavy (non-hydrogen) atoms. The SMILES string of the molecule is CC(=O)CC(=O)OC/C=C(/C)c1ccncc1. The molecular weight excluding hydrogens is 218 g/mol. The molecule has 0 radical (unpaired) electrons. The second-order valence-electron chi connectivity index (χ2n) is 3.68. The van der Waals surface area contributed by atoms with Crippen LogP contribution >= 0.6 is 0 Å². The van der Waals surface area contributed by atoms with Crippen LogP contribution in [0.5, 0.6) is 0 Å². The molecule has 90 valence electrons. The molecule has 0 amide bonds. The van der Waals surface area contributed by atoms with Crippen molar-refractivity contribution >= 4 is 17.3 Å². The topological polar surface area (TPSA) is 56.3 Å². The van der Waals surface area contributed by atoms with Crippen molar-refractivity contribution in [1.29, 1.82) is 0 Å². The number of carbonyl (C=O) groups excluding carboxylic acids is 2. The molecule has 0 aliphatic carbocycles. The Morgan fingerprint density at radius 3 is 2.53 bits per heavy atom. The summed E-state index contributed by atoms with van der Waals surface area (Å²) in [4.78, 5) is 25.7. The molecule has 0 unspecified atom stereocenters. The predicted molar refractivity (Wildman–Crippen MR) is 64.1 cm³/mol. The van der Waals surface area contributed by atoms with Gasteiger partial charge in [-0.1, -0.05) is 0 Å². The van der Waals surface area contributed by atoms with Gasteiger partial charge in [0.05, 0.1) is 0 Å². The van der Waals surface area contributed by atoms with Crippen LogP contribution in [0.3, 0.4) is 0 Å². The summed E-state index contributed by atoms with van der Waals surface area (Å²) in [5.41, 5.74) is 2.03. The molecular formula is C13H15NO3. The first-order valence-electron chi connectivity index (χ1n) is 5.32. The van der Waals surface area contributed by atoms with E-state index in [0.717, 1.165) is 11.1 Å². The maximum atomic E-state index is 11.1. The molecule has 1 rings (SSSR count). The molecule has 0 spiro atoms. The highest BCUT2D eigenvalue weighted by atomic mass is 16.5. The highest BCUT2D eigenvalue weighted by molar-refractivity contribution is 5.94. The number of ether oxygens (including phenoxy) is 1. The number of pyridine rings is 1. The zero-order chi connectivity index (χ0) is 12.7. The normalized spacial score (nSPS) is 11.1. The first kappa shape index (κ1) is 13.1. The van der Waals surface area contributed by atoms with Gasteiger partial charge in [0.25, 0.3) is 0 Å². The van der Waals surface area contributed by atoms with Crippen molar-refractivity contribution in [3.8, 4) is 0 Å². The van der Waals surface area contributed by atoms with Crippen molar-refractivity contribution in [2.24, 2.45) is 0 Å². The predicted octanol–water partition coefficient (Wildman–Crippen LogP) is 2.01. The van der Waals surface area contributed by atoms with Crippen LogP contribution in [0.25, 0.3) is 5.57 Å². The van der Waals surface area contributed by atoms with Crippen LogP contribution in [-0.2, 0) is 14.3 Å². The van der Waals surface area contributed by atoms with Gasteiger partial charge in [-0.2, -0.15) is 0 Å². The van der Waals surface area contributed by atoms with Gasteiger partial charge in [-0.25, -0.2) is 0 Å². The van der Waals surface area contributed by atoms with E-state index >= 15 is 0 Å². The van der Waals surface area contributed by atoms with Crippen molar-refractivity contribution < 1.29 is 14.3 Å². The van der Waals surface area contributed by atoms with E-state index in [4.69, 9.17) is 4.74 Å². The molecule has 0 fully saturated rings. The van der Waals surface area contributed by atoms with E-state index in [1.54, 1.807) is 18.5 Å². The first-order chi connectivity index (χ1) is 8.09. The maximum Gasteiger partial charge on any atom is 0.313 e. The molecule has 1 aromatic heterocycles. The number of hydrogen-bond acceptors (Lipinski definition) is 4. The number of esters is 1. The number of nitrogens with zero attached hydrogens (tertiary/aromatic N) is 1. The van der Waals surface area contributed by atoms with E-state index in [1.165, 1.54) is 6.92 Å². The van der Waals surface area contributed by atoms with Gasteiger partial charge in [-0.05, 0) is 43.2 Å². The third-order valence-corrected chi connectivity index (χ3v) is 2.16. The fraction of sp³-hybridized carbons (Fsp3) is 0.308. The van der Waals surface area contributed by atoms with Crippen molar-refractivity contribution in [1.82, 2.24) is 4.98 Å². The first-order valence-corrected chi connectivity index (χ1v) is 5.32. The Kier molecular flexibility index (Phi) is 5.07. The zero-order valence-electron chi connectivity index (χ0n) is 9.97. The standard InChI is InChI=1S/C13H15NO3/c1-10(12-3-6-14-7-4-12)5-8-17-13(16)9-11(2)15/h3-7H,8-9H2,1-2H3/b10-5-. The van der Waals surface area contributed by atoms with Gasteiger partial charge < -0.3 is 4.74 Å².